The van der Waals surface area contributed by atoms with Crippen molar-refractivity contribution in [3.63, 3.8) is 0 Å². The van der Waals surface area contributed by atoms with Crippen LogP contribution in [0.15, 0.2) is 41.1 Å². The van der Waals surface area contributed by atoms with Gasteiger partial charge in [-0.1, -0.05) is 22.5 Å². The van der Waals surface area contributed by atoms with E-state index in [4.69, 9.17) is 9.26 Å². The Morgan fingerprint density at radius 2 is 2.28 bits per heavy atom. The molecule has 8 nitrogen and oxygen atoms in total. The Balaban J connectivity index is 1.56. The quantitative estimate of drug-likeness (QED) is 0.698. The van der Waals surface area contributed by atoms with Gasteiger partial charge in [-0.15, -0.1) is 5.10 Å². The number of aromatic nitrogens is 4. The fourth-order valence-electron chi connectivity index (χ4n) is 2.22. The summed E-state index contributed by atoms with van der Waals surface area (Å²) >= 11 is 0. The van der Waals surface area contributed by atoms with E-state index in [1.807, 2.05) is 0 Å². The highest BCUT2D eigenvalue weighted by Gasteiger charge is 2.12. The van der Waals surface area contributed by atoms with Gasteiger partial charge < -0.3 is 14.6 Å². The van der Waals surface area contributed by atoms with Gasteiger partial charge in [-0.25, -0.2) is 9.07 Å². The normalized spacial score (nSPS) is 10.8. The van der Waals surface area contributed by atoms with Crippen molar-refractivity contribution < 1.29 is 18.4 Å². The maximum Gasteiger partial charge on any atom is 0.273 e. The van der Waals surface area contributed by atoms with Gasteiger partial charge >= 0.3 is 0 Å². The largest absolute Gasteiger partial charge is 0.378 e. The lowest BCUT2D eigenvalue weighted by atomic mass is 10.2. The number of ether oxygens (including phenoxy) is 1. The first-order valence-electron chi connectivity index (χ1n) is 7.50. The van der Waals surface area contributed by atoms with Gasteiger partial charge in [-0.2, -0.15) is 0 Å². The summed E-state index contributed by atoms with van der Waals surface area (Å²) in [6.07, 6.45) is 1.50. The predicted octanol–water partition coefficient (Wildman–Crippen LogP) is 1.53. The Morgan fingerprint density at radius 1 is 1.40 bits per heavy atom. The third-order valence-electron chi connectivity index (χ3n) is 3.33. The van der Waals surface area contributed by atoms with E-state index >= 15 is 0 Å². The molecule has 1 amide bonds. The molecular formula is C16H16FN5O3. The summed E-state index contributed by atoms with van der Waals surface area (Å²) in [4.78, 5) is 12.1. The lowest BCUT2D eigenvalue weighted by Gasteiger charge is -2.00. The van der Waals surface area contributed by atoms with E-state index in [9.17, 15) is 9.18 Å². The molecule has 2 heterocycles. The molecule has 3 rings (SSSR count). The van der Waals surface area contributed by atoms with E-state index in [1.54, 1.807) is 25.3 Å². The third-order valence-corrected chi connectivity index (χ3v) is 3.33. The highest BCUT2D eigenvalue weighted by Crippen LogP contribution is 2.07. The van der Waals surface area contributed by atoms with Crippen LogP contribution in [-0.4, -0.2) is 33.2 Å². The smallest absolute Gasteiger partial charge is 0.273 e. The van der Waals surface area contributed by atoms with E-state index in [-0.39, 0.29) is 18.1 Å². The van der Waals surface area contributed by atoms with Crippen LogP contribution in [0, 0.1) is 5.82 Å². The summed E-state index contributed by atoms with van der Waals surface area (Å²) in [5, 5.41) is 14.2. The highest BCUT2D eigenvalue weighted by molar-refractivity contribution is 5.91. The topological polar surface area (TPSA) is 95.1 Å². The van der Waals surface area contributed by atoms with Crippen molar-refractivity contribution in [1.29, 1.82) is 0 Å². The number of hydrogen-bond acceptors (Lipinski definition) is 6. The molecule has 25 heavy (non-hydrogen) atoms. The number of halogens is 1. The van der Waals surface area contributed by atoms with Crippen LogP contribution in [0.1, 0.15) is 27.5 Å². The molecule has 0 aliphatic heterocycles. The molecule has 0 saturated heterocycles. The average molecular weight is 345 g/mol. The van der Waals surface area contributed by atoms with Crippen molar-refractivity contribution in [2.24, 2.45) is 0 Å². The molecule has 0 atom stereocenters. The fraction of sp³-hybridized carbons (Fsp3) is 0.250. The second kappa shape index (κ2) is 7.67. The van der Waals surface area contributed by atoms with Crippen LogP contribution in [0.3, 0.4) is 0 Å². The van der Waals surface area contributed by atoms with Crippen molar-refractivity contribution in [1.82, 2.24) is 25.5 Å². The van der Waals surface area contributed by atoms with Gasteiger partial charge in [0.25, 0.3) is 5.91 Å². The zero-order chi connectivity index (χ0) is 17.6. The summed E-state index contributed by atoms with van der Waals surface area (Å²) in [6.45, 7) is 0.832. The van der Waals surface area contributed by atoms with Crippen LogP contribution in [0.2, 0.25) is 0 Å². The predicted molar refractivity (Wildman–Crippen MR) is 83.9 cm³/mol. The molecule has 0 aliphatic carbocycles. The summed E-state index contributed by atoms with van der Waals surface area (Å²) in [7, 11) is 1.56. The number of benzene rings is 1. The standard InChI is InChI=1S/C16H16FN5O3/c1-24-10-13-6-14(25-20-13)7-18-16(23)15-9-22(21-19-15)8-11-3-2-4-12(17)5-11/h2-6,9H,7-8,10H2,1H3,(H,18,23). The molecule has 0 saturated carbocycles. The number of carbonyl (C=O) groups is 1. The Bertz CT molecular complexity index is 861. The highest BCUT2D eigenvalue weighted by atomic mass is 19.1. The first kappa shape index (κ1) is 16.8. The molecule has 0 aliphatic rings. The van der Waals surface area contributed by atoms with Crippen molar-refractivity contribution in [3.05, 3.63) is 65.1 Å². The lowest BCUT2D eigenvalue weighted by molar-refractivity contribution is 0.0942. The minimum atomic E-state index is -0.393. The third kappa shape index (κ3) is 4.48. The van der Waals surface area contributed by atoms with Gasteiger partial charge in [0, 0.05) is 13.2 Å². The van der Waals surface area contributed by atoms with Gasteiger partial charge in [-0.3, -0.25) is 4.79 Å². The van der Waals surface area contributed by atoms with Crippen LogP contribution in [0.4, 0.5) is 4.39 Å². The van der Waals surface area contributed by atoms with Crippen molar-refractivity contribution in [3.8, 4) is 0 Å². The van der Waals surface area contributed by atoms with Gasteiger partial charge in [-0.05, 0) is 17.7 Å². The van der Waals surface area contributed by atoms with Crippen LogP contribution in [0.5, 0.6) is 0 Å². The van der Waals surface area contributed by atoms with E-state index in [0.717, 1.165) is 5.56 Å². The Morgan fingerprint density at radius 3 is 3.08 bits per heavy atom. The SMILES string of the molecule is COCc1cc(CNC(=O)c2cn(Cc3cccc(F)c3)nn2)on1. The first-order chi connectivity index (χ1) is 12.1. The Labute approximate surface area is 142 Å². The molecule has 1 N–H and O–H groups in total. The minimum absolute atomic E-state index is 0.160. The molecule has 2 aromatic heterocycles. The van der Waals surface area contributed by atoms with Crippen molar-refractivity contribution in [2.45, 2.75) is 19.7 Å². The van der Waals surface area contributed by atoms with Gasteiger partial charge in [0.1, 0.15) is 11.5 Å². The summed E-state index contributed by atoms with van der Waals surface area (Å²) in [5.41, 5.74) is 1.53. The first-order valence-corrected chi connectivity index (χ1v) is 7.50. The van der Waals surface area contributed by atoms with Crippen LogP contribution < -0.4 is 5.32 Å². The number of nitrogens with zero attached hydrogens (tertiary/aromatic N) is 4. The second-order valence-corrected chi connectivity index (χ2v) is 5.33. The number of rotatable bonds is 7. The number of methoxy groups -OCH3 is 1. The fourth-order valence-corrected chi connectivity index (χ4v) is 2.22. The molecule has 0 radical (unpaired) electrons. The van der Waals surface area contributed by atoms with E-state index in [2.05, 4.69) is 20.8 Å². The Hall–Kier alpha value is -3.07. The zero-order valence-electron chi connectivity index (χ0n) is 13.5. The van der Waals surface area contributed by atoms with Gasteiger partial charge in [0.2, 0.25) is 0 Å². The van der Waals surface area contributed by atoms with E-state index < -0.39 is 5.91 Å². The second-order valence-electron chi connectivity index (χ2n) is 5.33. The molecule has 3 aromatic rings. The van der Waals surface area contributed by atoms with E-state index in [1.165, 1.54) is 23.0 Å². The Kier molecular flexibility index (Phi) is 5.14. The number of carbonyl (C=O) groups excluding carboxylic acids is 1. The van der Waals surface area contributed by atoms with Gasteiger partial charge in [0.15, 0.2) is 11.5 Å². The summed E-state index contributed by atoms with van der Waals surface area (Å²) in [6, 6.07) is 7.86. The molecule has 9 heteroatoms. The average Bonchev–Trinajstić information content (AvgIpc) is 3.23. The molecule has 0 unspecified atom stereocenters. The maximum absolute atomic E-state index is 13.2. The minimum Gasteiger partial charge on any atom is -0.378 e. The summed E-state index contributed by atoms with van der Waals surface area (Å²) in [5.74, 6) is -0.210. The molecular weight excluding hydrogens is 329 g/mol. The summed E-state index contributed by atoms with van der Waals surface area (Å²) < 4.78 is 24.7. The molecule has 130 valence electrons. The maximum atomic E-state index is 13.2. The molecule has 0 spiro atoms. The van der Waals surface area contributed by atoms with Crippen LogP contribution in [-0.2, 0) is 24.4 Å². The molecule has 0 fully saturated rings. The number of hydrogen-bond donors (Lipinski definition) is 1. The molecule has 0 bridgehead atoms. The van der Waals surface area contributed by atoms with Crippen LogP contribution in [0.25, 0.3) is 0 Å². The zero-order valence-corrected chi connectivity index (χ0v) is 13.5. The molecule has 1 aromatic carbocycles. The lowest BCUT2D eigenvalue weighted by Crippen LogP contribution is -2.22. The van der Waals surface area contributed by atoms with Crippen LogP contribution >= 0.6 is 0 Å². The van der Waals surface area contributed by atoms with Gasteiger partial charge in [0.05, 0.1) is 25.9 Å². The number of nitrogens with one attached hydrogen (secondary N) is 1. The van der Waals surface area contributed by atoms with E-state index in [0.29, 0.717) is 24.6 Å². The number of amides is 1. The van der Waals surface area contributed by atoms with Crippen molar-refractivity contribution >= 4 is 5.91 Å². The monoisotopic (exact) mass is 345 g/mol. The van der Waals surface area contributed by atoms with Crippen molar-refractivity contribution in [2.75, 3.05) is 7.11 Å².